The number of carbonyl (C=O) groups is 2. The van der Waals surface area contributed by atoms with Crippen LogP contribution in [0.3, 0.4) is 0 Å². The largest absolute Gasteiger partial charge is 0.478 e. The van der Waals surface area contributed by atoms with Crippen molar-refractivity contribution >= 4 is 35.0 Å². The van der Waals surface area contributed by atoms with Crippen LogP contribution in [0.1, 0.15) is 15.9 Å². The molecule has 0 fully saturated rings. The zero-order valence-corrected chi connectivity index (χ0v) is 12.8. The number of rotatable bonds is 2. The third-order valence-electron chi connectivity index (χ3n) is 3.97. The number of benzene rings is 2. The Balaban J connectivity index is 1.73. The number of thioether (sulfide) groups is 1. The maximum atomic E-state index is 12.7. The Labute approximate surface area is 136 Å². The zero-order valence-electron chi connectivity index (χ0n) is 12.0. The van der Waals surface area contributed by atoms with Crippen LogP contribution in [0.2, 0.25) is 0 Å². The number of carboxylic acids is 1. The molecule has 1 N–H and O–H groups in total. The Hall–Kier alpha value is -2.60. The summed E-state index contributed by atoms with van der Waals surface area (Å²) in [7, 11) is 0. The molecule has 2 aromatic carbocycles. The fourth-order valence-electron chi connectivity index (χ4n) is 2.79. The van der Waals surface area contributed by atoms with Gasteiger partial charge in [0, 0.05) is 16.2 Å². The van der Waals surface area contributed by atoms with Gasteiger partial charge in [-0.25, -0.2) is 4.79 Å². The summed E-state index contributed by atoms with van der Waals surface area (Å²) in [6.07, 6.45) is 0. The van der Waals surface area contributed by atoms with Gasteiger partial charge in [0.25, 0.3) is 5.91 Å². The molecule has 6 heteroatoms. The molecular formula is C17H12N2O3S. The Bertz CT molecular complexity index is 845. The van der Waals surface area contributed by atoms with Crippen LogP contribution in [0.15, 0.2) is 58.5 Å². The minimum atomic E-state index is -0.991. The first-order valence-corrected chi connectivity index (χ1v) is 8.12. The van der Waals surface area contributed by atoms with Gasteiger partial charge in [0.2, 0.25) is 0 Å². The number of nitrogens with zero attached hydrogens (tertiary/aromatic N) is 2. The molecule has 0 saturated carbocycles. The highest BCUT2D eigenvalue weighted by molar-refractivity contribution is 7.99. The molecule has 114 valence electrons. The second-order valence-corrected chi connectivity index (χ2v) is 6.41. The van der Waals surface area contributed by atoms with Gasteiger partial charge in [0.15, 0.2) is 0 Å². The predicted octanol–water partition coefficient (Wildman–Crippen LogP) is 2.86. The van der Waals surface area contributed by atoms with Crippen LogP contribution in [0, 0.1) is 5.92 Å². The third-order valence-corrected chi connectivity index (χ3v) is 5.14. The minimum Gasteiger partial charge on any atom is -0.478 e. The summed E-state index contributed by atoms with van der Waals surface area (Å²) >= 11 is 1.67. The van der Waals surface area contributed by atoms with Gasteiger partial charge >= 0.3 is 5.97 Å². The highest BCUT2D eigenvalue weighted by atomic mass is 32.2. The van der Waals surface area contributed by atoms with E-state index in [1.165, 1.54) is 17.1 Å². The summed E-state index contributed by atoms with van der Waals surface area (Å²) in [5, 5.41) is 14.9. The second-order valence-electron chi connectivity index (χ2n) is 5.35. The van der Waals surface area contributed by atoms with Crippen molar-refractivity contribution in [1.29, 1.82) is 0 Å². The van der Waals surface area contributed by atoms with Crippen molar-refractivity contribution in [3.8, 4) is 0 Å². The lowest BCUT2D eigenvalue weighted by Gasteiger charge is -2.19. The molecule has 0 saturated heterocycles. The zero-order chi connectivity index (χ0) is 16.0. The number of carboxylic acid groups (broad SMARTS) is 1. The Morgan fingerprint density at radius 1 is 1.17 bits per heavy atom. The van der Waals surface area contributed by atoms with Crippen molar-refractivity contribution < 1.29 is 14.7 Å². The van der Waals surface area contributed by atoms with E-state index in [9.17, 15) is 9.59 Å². The first-order chi connectivity index (χ1) is 11.1. The van der Waals surface area contributed by atoms with Crippen LogP contribution in [-0.4, -0.2) is 28.4 Å². The topological polar surface area (TPSA) is 70.0 Å². The summed E-state index contributed by atoms with van der Waals surface area (Å²) in [6, 6.07) is 14.1. The van der Waals surface area contributed by atoms with Crippen molar-refractivity contribution in [1.82, 2.24) is 0 Å². The van der Waals surface area contributed by atoms with E-state index in [2.05, 4.69) is 5.10 Å². The quantitative estimate of drug-likeness (QED) is 0.922. The molecule has 1 atom stereocenters. The summed E-state index contributed by atoms with van der Waals surface area (Å²) in [5.74, 6) is -0.619. The first-order valence-electron chi connectivity index (χ1n) is 7.13. The molecule has 0 aliphatic carbocycles. The second kappa shape index (κ2) is 5.24. The van der Waals surface area contributed by atoms with E-state index >= 15 is 0 Å². The van der Waals surface area contributed by atoms with Gasteiger partial charge in [0.1, 0.15) is 0 Å². The standard InChI is InChI=1S/C17H12N2O3S/c20-16-13-9-23-14-4-2-1-3-12(14)15(13)18-19(16)11-7-5-10(6-8-11)17(21)22/h1-8,13H,9H2,(H,21,22). The molecule has 0 bridgehead atoms. The summed E-state index contributed by atoms with van der Waals surface area (Å²) in [6.45, 7) is 0. The van der Waals surface area contributed by atoms with E-state index in [0.717, 1.165) is 16.2 Å². The van der Waals surface area contributed by atoms with Gasteiger partial charge in [-0.1, -0.05) is 18.2 Å². The number of hydrogen-bond donors (Lipinski definition) is 1. The minimum absolute atomic E-state index is 0.0647. The van der Waals surface area contributed by atoms with Crippen LogP contribution < -0.4 is 5.01 Å². The monoisotopic (exact) mass is 324 g/mol. The molecule has 2 aliphatic rings. The number of hydrogen-bond acceptors (Lipinski definition) is 4. The lowest BCUT2D eigenvalue weighted by atomic mass is 9.98. The maximum absolute atomic E-state index is 12.7. The number of carbonyl (C=O) groups excluding carboxylic acids is 1. The third kappa shape index (κ3) is 2.22. The van der Waals surface area contributed by atoms with Gasteiger partial charge in [-0.3, -0.25) is 4.79 Å². The highest BCUT2D eigenvalue weighted by Crippen LogP contribution is 2.38. The highest BCUT2D eigenvalue weighted by Gasteiger charge is 2.40. The summed E-state index contributed by atoms with van der Waals surface area (Å²) in [4.78, 5) is 24.7. The summed E-state index contributed by atoms with van der Waals surface area (Å²) < 4.78 is 0. The SMILES string of the molecule is O=C(O)c1ccc(N2N=C3c4ccccc4SCC3C2=O)cc1. The van der Waals surface area contributed by atoms with Crippen LogP contribution >= 0.6 is 11.8 Å². The molecule has 2 aliphatic heterocycles. The molecular weight excluding hydrogens is 312 g/mol. The lowest BCUT2D eigenvalue weighted by Crippen LogP contribution is -2.31. The number of aromatic carboxylic acids is 1. The van der Waals surface area contributed by atoms with Gasteiger partial charge < -0.3 is 5.11 Å². The van der Waals surface area contributed by atoms with Gasteiger partial charge in [-0.05, 0) is 30.3 Å². The van der Waals surface area contributed by atoms with Crippen LogP contribution in [0.25, 0.3) is 0 Å². The number of fused-ring (bicyclic) bond motifs is 3. The molecule has 1 unspecified atom stereocenters. The maximum Gasteiger partial charge on any atom is 0.335 e. The van der Waals surface area contributed by atoms with Crippen LogP contribution in [-0.2, 0) is 4.79 Å². The van der Waals surface area contributed by atoms with Crippen molar-refractivity contribution in [3.63, 3.8) is 0 Å². The Morgan fingerprint density at radius 2 is 1.91 bits per heavy atom. The molecule has 1 amide bonds. The van der Waals surface area contributed by atoms with Crippen molar-refractivity contribution in [2.75, 3.05) is 10.8 Å². The smallest absolute Gasteiger partial charge is 0.335 e. The van der Waals surface area contributed by atoms with Gasteiger partial charge in [-0.2, -0.15) is 10.1 Å². The number of anilines is 1. The molecule has 0 spiro atoms. The van der Waals surface area contributed by atoms with Crippen LogP contribution in [0.4, 0.5) is 5.69 Å². The van der Waals surface area contributed by atoms with E-state index in [1.54, 1.807) is 23.9 Å². The van der Waals surface area contributed by atoms with Gasteiger partial charge in [0.05, 0.1) is 22.9 Å². The average molecular weight is 324 g/mol. The van der Waals surface area contributed by atoms with E-state index in [0.29, 0.717) is 11.4 Å². The molecule has 0 radical (unpaired) electrons. The predicted molar refractivity (Wildman–Crippen MR) is 88.1 cm³/mol. The Morgan fingerprint density at radius 3 is 2.65 bits per heavy atom. The lowest BCUT2D eigenvalue weighted by molar-refractivity contribution is -0.119. The number of amides is 1. The van der Waals surface area contributed by atoms with E-state index in [1.807, 2.05) is 24.3 Å². The van der Waals surface area contributed by atoms with E-state index in [-0.39, 0.29) is 17.4 Å². The average Bonchev–Trinajstić information content (AvgIpc) is 2.92. The Kier molecular flexibility index (Phi) is 3.20. The molecule has 4 rings (SSSR count). The van der Waals surface area contributed by atoms with Crippen molar-refractivity contribution in [3.05, 3.63) is 59.7 Å². The number of hydrazone groups is 1. The fourth-order valence-corrected chi connectivity index (χ4v) is 3.94. The molecule has 23 heavy (non-hydrogen) atoms. The van der Waals surface area contributed by atoms with Crippen molar-refractivity contribution in [2.45, 2.75) is 4.90 Å². The van der Waals surface area contributed by atoms with Gasteiger partial charge in [-0.15, -0.1) is 11.8 Å². The molecule has 2 aromatic rings. The van der Waals surface area contributed by atoms with E-state index in [4.69, 9.17) is 5.11 Å². The first kappa shape index (κ1) is 14.0. The van der Waals surface area contributed by atoms with Crippen LogP contribution in [0.5, 0.6) is 0 Å². The van der Waals surface area contributed by atoms with Crippen molar-refractivity contribution in [2.24, 2.45) is 11.0 Å². The molecule has 0 aromatic heterocycles. The summed E-state index contributed by atoms with van der Waals surface area (Å²) in [5.41, 5.74) is 2.58. The fraction of sp³-hybridized carbons (Fsp3) is 0.118. The molecule has 5 nitrogen and oxygen atoms in total. The van der Waals surface area contributed by atoms with E-state index < -0.39 is 5.97 Å². The normalized spacial score (nSPS) is 19.1. The molecule has 2 heterocycles.